The fourth-order valence-corrected chi connectivity index (χ4v) is 3.47. The van der Waals surface area contributed by atoms with Gasteiger partial charge in [-0.2, -0.15) is 0 Å². The van der Waals surface area contributed by atoms with Crippen molar-refractivity contribution in [2.75, 3.05) is 6.61 Å². The summed E-state index contributed by atoms with van der Waals surface area (Å²) in [5, 5.41) is 9.44. The van der Waals surface area contributed by atoms with Crippen molar-refractivity contribution in [2.45, 2.75) is 26.3 Å². The summed E-state index contributed by atoms with van der Waals surface area (Å²) in [5.74, 6) is 1.26. The first kappa shape index (κ1) is 25.0. The van der Waals surface area contributed by atoms with Gasteiger partial charge in [0, 0.05) is 29.8 Å². The number of nitrogens with zero attached hydrogens (tertiary/aromatic N) is 1. The maximum atomic E-state index is 11.6. The van der Waals surface area contributed by atoms with Gasteiger partial charge in [-0.1, -0.05) is 49.1 Å². The third-order valence-electron chi connectivity index (χ3n) is 4.97. The summed E-state index contributed by atoms with van der Waals surface area (Å²) in [6, 6.07) is 15.5. The smallest absolute Gasteiger partial charge is 0.341 e. The summed E-state index contributed by atoms with van der Waals surface area (Å²) < 4.78 is 7.31. The minimum Gasteiger partial charge on any atom is -0.481 e. The van der Waals surface area contributed by atoms with E-state index in [4.69, 9.17) is 22.0 Å². The van der Waals surface area contributed by atoms with Gasteiger partial charge in [0.1, 0.15) is 5.75 Å². The lowest BCUT2D eigenvalue weighted by atomic mass is 10.0. The predicted octanol–water partition coefficient (Wildman–Crippen LogP) is 4.35. The van der Waals surface area contributed by atoms with Crippen LogP contribution >= 0.6 is 0 Å². The molecular formula is C27H28N2O4. The number of benzene rings is 2. The maximum absolute atomic E-state index is 11.6. The van der Waals surface area contributed by atoms with Crippen LogP contribution in [0.5, 0.6) is 5.75 Å². The Balaban J connectivity index is 0.000000321. The Labute approximate surface area is 194 Å². The highest BCUT2D eigenvalue weighted by Gasteiger charge is 2.21. The molecule has 0 saturated heterocycles. The van der Waals surface area contributed by atoms with Crippen molar-refractivity contribution in [1.82, 2.24) is 4.57 Å². The van der Waals surface area contributed by atoms with Crippen LogP contribution in [0, 0.1) is 19.3 Å². The van der Waals surface area contributed by atoms with E-state index in [0.29, 0.717) is 23.2 Å². The molecule has 1 heterocycles. The van der Waals surface area contributed by atoms with E-state index < -0.39 is 18.5 Å². The van der Waals surface area contributed by atoms with Crippen LogP contribution in [0.25, 0.3) is 16.5 Å². The minimum atomic E-state index is -1.08. The molecule has 0 radical (unpaired) electrons. The number of terminal acetylenes is 1. The average Bonchev–Trinajstić information content (AvgIpc) is 3.09. The van der Waals surface area contributed by atoms with Gasteiger partial charge in [0.25, 0.3) is 0 Å². The number of hydrogen-bond acceptors (Lipinski definition) is 3. The fraction of sp³-hybridized carbons (Fsp3) is 0.185. The van der Waals surface area contributed by atoms with Crippen LogP contribution in [-0.4, -0.2) is 28.2 Å². The van der Waals surface area contributed by atoms with Crippen LogP contribution in [0.3, 0.4) is 0 Å². The summed E-state index contributed by atoms with van der Waals surface area (Å²) >= 11 is 0. The molecule has 0 bridgehead atoms. The van der Waals surface area contributed by atoms with Gasteiger partial charge in [0.05, 0.1) is 10.9 Å². The monoisotopic (exact) mass is 444 g/mol. The number of carboxylic acids is 1. The van der Waals surface area contributed by atoms with E-state index in [1.165, 1.54) is 5.56 Å². The highest BCUT2D eigenvalue weighted by Crippen LogP contribution is 2.37. The number of carbonyl (C=O) groups excluding carboxylic acids is 1. The number of aliphatic carboxylic acids is 1. The van der Waals surface area contributed by atoms with Crippen molar-refractivity contribution in [2.24, 2.45) is 5.73 Å². The zero-order chi connectivity index (χ0) is 24.4. The Morgan fingerprint density at radius 1 is 1.21 bits per heavy atom. The first-order chi connectivity index (χ1) is 15.8. The van der Waals surface area contributed by atoms with E-state index in [2.05, 4.69) is 31.2 Å². The van der Waals surface area contributed by atoms with Crippen LogP contribution in [0.15, 0.2) is 67.8 Å². The Kier molecular flexibility index (Phi) is 9.07. The number of rotatable bonds is 9. The second-order valence-electron chi connectivity index (χ2n) is 7.22. The minimum absolute atomic E-state index is 0.154. The number of amides is 1. The lowest BCUT2D eigenvalue weighted by molar-refractivity contribution is -0.139. The Morgan fingerprint density at radius 2 is 1.91 bits per heavy atom. The molecule has 1 aromatic heterocycles. The van der Waals surface area contributed by atoms with Gasteiger partial charge in [0.2, 0.25) is 5.91 Å². The molecule has 0 aliphatic heterocycles. The van der Waals surface area contributed by atoms with E-state index in [9.17, 15) is 9.59 Å². The van der Waals surface area contributed by atoms with E-state index in [-0.39, 0.29) is 5.57 Å². The number of nitrogens with two attached hydrogens (primary N) is 1. The number of carbonyl (C=O) groups is 2. The summed E-state index contributed by atoms with van der Waals surface area (Å²) in [4.78, 5) is 22.4. The number of aryl methyl sites for hydroxylation is 1. The van der Waals surface area contributed by atoms with Gasteiger partial charge in [0.15, 0.2) is 6.61 Å². The van der Waals surface area contributed by atoms with Crippen LogP contribution in [0.4, 0.5) is 0 Å². The second kappa shape index (κ2) is 12.0. The van der Waals surface area contributed by atoms with Crippen LogP contribution < -0.4 is 10.5 Å². The van der Waals surface area contributed by atoms with Crippen LogP contribution in [0.2, 0.25) is 0 Å². The number of ether oxygens (including phenoxy) is 1. The van der Waals surface area contributed by atoms with Gasteiger partial charge < -0.3 is 20.1 Å². The molecule has 0 aliphatic rings. The third-order valence-corrected chi connectivity index (χ3v) is 4.97. The standard InChI is InChI=1S/C17H18N2O4.C10H10/c1-4-8-19-11(3)15(10(2)17(18)22)16-12(19)6-5-7-13(16)23-9-14(20)21;1-2-3-7-10-8-5-4-6-9-10/h4-7H,1-2,8-9H2,3H3,(H2,18,22)(H,20,21);1,4-6,8-9H,3,7H2. The molecule has 0 fully saturated rings. The van der Waals surface area contributed by atoms with E-state index in [0.717, 1.165) is 24.1 Å². The molecule has 33 heavy (non-hydrogen) atoms. The molecule has 0 saturated carbocycles. The molecular weight excluding hydrogens is 416 g/mol. The topological polar surface area (TPSA) is 94.5 Å². The summed E-state index contributed by atoms with van der Waals surface area (Å²) in [7, 11) is 0. The zero-order valence-electron chi connectivity index (χ0n) is 18.7. The summed E-state index contributed by atoms with van der Waals surface area (Å²) in [6.45, 7) is 9.38. The lowest BCUT2D eigenvalue weighted by Gasteiger charge is -2.08. The summed E-state index contributed by atoms with van der Waals surface area (Å²) in [6.07, 6.45) is 8.69. The highest BCUT2D eigenvalue weighted by molar-refractivity contribution is 6.22. The number of allylic oxidation sites excluding steroid dienone is 1. The molecule has 170 valence electrons. The molecule has 0 spiro atoms. The van der Waals surface area contributed by atoms with Crippen molar-refractivity contribution in [3.05, 3.63) is 84.6 Å². The second-order valence-corrected chi connectivity index (χ2v) is 7.22. The van der Waals surface area contributed by atoms with Crippen molar-refractivity contribution in [3.8, 4) is 18.1 Å². The van der Waals surface area contributed by atoms with Crippen LogP contribution in [-0.2, 0) is 22.6 Å². The van der Waals surface area contributed by atoms with Gasteiger partial charge in [-0.15, -0.1) is 18.9 Å². The number of primary amides is 1. The lowest BCUT2D eigenvalue weighted by Crippen LogP contribution is -2.13. The normalized spacial score (nSPS) is 9.94. The van der Waals surface area contributed by atoms with Gasteiger partial charge in [-0.05, 0) is 31.0 Å². The highest BCUT2D eigenvalue weighted by atomic mass is 16.5. The van der Waals surface area contributed by atoms with Crippen molar-refractivity contribution in [3.63, 3.8) is 0 Å². The average molecular weight is 445 g/mol. The molecule has 6 nitrogen and oxygen atoms in total. The number of carboxylic acid groups (broad SMARTS) is 1. The molecule has 1 amide bonds. The van der Waals surface area contributed by atoms with Crippen molar-refractivity contribution < 1.29 is 19.4 Å². The SMILES string of the molecule is C#CCCc1ccccc1.C=CCn1c(C)c(C(=C)C(N)=O)c2c(OCC(=O)O)cccc21. The van der Waals surface area contributed by atoms with Crippen LogP contribution in [0.1, 0.15) is 23.2 Å². The number of fused-ring (bicyclic) bond motifs is 1. The predicted molar refractivity (Wildman–Crippen MR) is 132 cm³/mol. The van der Waals surface area contributed by atoms with E-state index in [1.54, 1.807) is 18.2 Å². The third kappa shape index (κ3) is 6.37. The summed E-state index contributed by atoms with van der Waals surface area (Å²) in [5.41, 5.74) is 9.00. The first-order valence-corrected chi connectivity index (χ1v) is 10.4. The zero-order valence-corrected chi connectivity index (χ0v) is 18.7. The molecule has 0 unspecified atom stereocenters. The van der Waals surface area contributed by atoms with E-state index >= 15 is 0 Å². The Bertz CT molecular complexity index is 1200. The quantitative estimate of drug-likeness (QED) is 0.291. The molecule has 2 aromatic carbocycles. The van der Waals surface area contributed by atoms with Crippen molar-refractivity contribution >= 4 is 28.4 Å². The Morgan fingerprint density at radius 3 is 2.48 bits per heavy atom. The Hall–Kier alpha value is -4.24. The largest absolute Gasteiger partial charge is 0.481 e. The van der Waals surface area contributed by atoms with Gasteiger partial charge in [-0.25, -0.2) is 4.79 Å². The fourth-order valence-electron chi connectivity index (χ4n) is 3.47. The van der Waals surface area contributed by atoms with Crippen molar-refractivity contribution in [1.29, 1.82) is 0 Å². The van der Waals surface area contributed by atoms with E-state index in [1.807, 2.05) is 35.8 Å². The molecule has 3 N–H and O–H groups in total. The van der Waals surface area contributed by atoms with Gasteiger partial charge in [-0.3, -0.25) is 4.79 Å². The number of aromatic nitrogens is 1. The molecule has 0 atom stereocenters. The van der Waals surface area contributed by atoms with Gasteiger partial charge >= 0.3 is 5.97 Å². The molecule has 6 heteroatoms. The first-order valence-electron chi connectivity index (χ1n) is 10.4. The molecule has 0 aliphatic carbocycles. The molecule has 3 aromatic rings. The molecule has 3 rings (SSSR count). The maximum Gasteiger partial charge on any atom is 0.341 e. The number of hydrogen-bond donors (Lipinski definition) is 2.